The zero-order valence-corrected chi connectivity index (χ0v) is 17.8. The predicted octanol–water partition coefficient (Wildman–Crippen LogP) is 4.62. The van der Waals surface area contributed by atoms with Crippen LogP contribution in [0, 0.1) is 6.92 Å². The van der Waals surface area contributed by atoms with Crippen LogP contribution in [0.2, 0.25) is 5.02 Å². The Morgan fingerprint density at radius 1 is 1.20 bits per heavy atom. The lowest BCUT2D eigenvalue weighted by Crippen LogP contribution is -2.54. The van der Waals surface area contributed by atoms with E-state index in [-0.39, 0.29) is 10.7 Å². The van der Waals surface area contributed by atoms with Gasteiger partial charge in [-0.15, -0.1) is 6.58 Å². The molecular weight excluding hydrogens is 418 g/mol. The summed E-state index contributed by atoms with van der Waals surface area (Å²) in [6.45, 7) is 6.27. The van der Waals surface area contributed by atoms with Crippen molar-refractivity contribution in [2.75, 3.05) is 4.90 Å². The first-order valence-electron chi connectivity index (χ1n) is 9.27. The lowest BCUT2D eigenvalue weighted by Gasteiger charge is -2.29. The van der Waals surface area contributed by atoms with Gasteiger partial charge in [0.15, 0.2) is 5.11 Å². The first-order chi connectivity index (χ1) is 14.4. The minimum absolute atomic E-state index is 0.00167. The molecule has 2 amide bonds. The monoisotopic (exact) mass is 435 g/mol. The van der Waals surface area contributed by atoms with Gasteiger partial charge in [0, 0.05) is 34.2 Å². The number of hydrogen-bond acceptors (Lipinski definition) is 3. The summed E-state index contributed by atoms with van der Waals surface area (Å²) in [5, 5.41) is 4.08. The van der Waals surface area contributed by atoms with E-state index in [4.69, 9.17) is 23.8 Å². The Morgan fingerprint density at radius 2 is 1.97 bits per heavy atom. The van der Waals surface area contributed by atoms with Crippen molar-refractivity contribution in [3.8, 4) is 0 Å². The lowest BCUT2D eigenvalue weighted by molar-refractivity contribution is -0.122. The molecule has 1 aliphatic rings. The van der Waals surface area contributed by atoms with Gasteiger partial charge in [-0.1, -0.05) is 41.9 Å². The second-order valence-corrected chi connectivity index (χ2v) is 7.73. The van der Waals surface area contributed by atoms with Crippen LogP contribution in [0.5, 0.6) is 0 Å². The number of fused-ring (bicyclic) bond motifs is 1. The van der Waals surface area contributed by atoms with Crippen LogP contribution in [-0.2, 0) is 16.1 Å². The Bertz CT molecular complexity index is 1260. The number of halogens is 1. The highest BCUT2D eigenvalue weighted by Crippen LogP contribution is 2.28. The van der Waals surface area contributed by atoms with E-state index in [0.717, 1.165) is 22.0 Å². The van der Waals surface area contributed by atoms with Crippen molar-refractivity contribution in [2.45, 2.75) is 13.5 Å². The van der Waals surface area contributed by atoms with E-state index >= 15 is 0 Å². The Balaban J connectivity index is 1.81. The maximum Gasteiger partial charge on any atom is 0.270 e. The summed E-state index contributed by atoms with van der Waals surface area (Å²) in [6, 6.07) is 13.0. The Morgan fingerprint density at radius 3 is 2.70 bits per heavy atom. The molecule has 0 radical (unpaired) electrons. The van der Waals surface area contributed by atoms with Gasteiger partial charge in [0.2, 0.25) is 0 Å². The van der Waals surface area contributed by atoms with Crippen LogP contribution < -0.4 is 10.2 Å². The number of rotatable bonds is 4. The number of allylic oxidation sites excluding steroid dienone is 1. The number of carbonyl (C=O) groups is 2. The third kappa shape index (κ3) is 3.44. The zero-order chi connectivity index (χ0) is 21.4. The largest absolute Gasteiger partial charge is 0.343 e. The number of anilines is 1. The number of thiocarbonyl (C=S) groups is 1. The van der Waals surface area contributed by atoms with Gasteiger partial charge in [0.1, 0.15) is 5.57 Å². The molecular formula is C23H18ClN3O2S. The number of carbonyl (C=O) groups excluding carboxylic acids is 2. The molecule has 0 spiro atoms. The third-order valence-electron chi connectivity index (χ3n) is 4.96. The number of nitrogens with one attached hydrogen (secondary N) is 1. The summed E-state index contributed by atoms with van der Waals surface area (Å²) in [5.41, 5.74) is 3.14. The van der Waals surface area contributed by atoms with Gasteiger partial charge in [-0.3, -0.25) is 19.8 Å². The molecule has 1 fully saturated rings. The van der Waals surface area contributed by atoms with E-state index in [1.165, 1.54) is 4.90 Å². The number of hydrogen-bond donors (Lipinski definition) is 1. The van der Waals surface area contributed by atoms with Crippen LogP contribution >= 0.6 is 23.8 Å². The molecule has 0 bridgehead atoms. The van der Waals surface area contributed by atoms with Crippen LogP contribution in [0.25, 0.3) is 17.0 Å². The van der Waals surface area contributed by atoms with E-state index < -0.39 is 11.8 Å². The minimum atomic E-state index is -0.528. The standard InChI is InChI=1S/C23H18ClN3O2S/c1-3-10-26-13-15(17-6-4-5-7-20(17)26)11-18-21(28)25-23(30)27(22(18)29)16-9-8-14(2)19(24)12-16/h3-9,11-13H,1,10H2,2H3,(H,25,28,30)/b18-11+. The second kappa shape index (κ2) is 7.89. The average molecular weight is 436 g/mol. The number of aromatic nitrogens is 1. The SMILES string of the molecule is C=CCn1cc(/C=C2\C(=O)NC(=S)N(c3ccc(C)c(Cl)c3)C2=O)c2ccccc21. The molecule has 1 aromatic heterocycles. The molecule has 3 aromatic rings. The Hall–Kier alpha value is -3.22. The van der Waals surface area contributed by atoms with E-state index in [0.29, 0.717) is 17.3 Å². The van der Waals surface area contributed by atoms with Crippen LogP contribution in [0.4, 0.5) is 5.69 Å². The lowest BCUT2D eigenvalue weighted by atomic mass is 10.1. The summed E-state index contributed by atoms with van der Waals surface area (Å²) in [6.07, 6.45) is 5.30. The topological polar surface area (TPSA) is 54.3 Å². The first-order valence-corrected chi connectivity index (χ1v) is 10.1. The molecule has 7 heteroatoms. The highest BCUT2D eigenvalue weighted by Gasteiger charge is 2.34. The Labute approximate surface area is 184 Å². The maximum absolute atomic E-state index is 13.3. The van der Waals surface area contributed by atoms with Crippen LogP contribution in [0.3, 0.4) is 0 Å². The zero-order valence-electron chi connectivity index (χ0n) is 16.2. The van der Waals surface area contributed by atoms with Gasteiger partial charge in [-0.25, -0.2) is 0 Å². The number of amides is 2. The number of aryl methyl sites for hydroxylation is 1. The average Bonchev–Trinajstić information content (AvgIpc) is 3.06. The quantitative estimate of drug-likeness (QED) is 0.281. The van der Waals surface area contributed by atoms with E-state index in [9.17, 15) is 9.59 Å². The molecule has 150 valence electrons. The third-order valence-corrected chi connectivity index (χ3v) is 5.65. The number of nitrogens with zero attached hydrogens (tertiary/aromatic N) is 2. The summed E-state index contributed by atoms with van der Waals surface area (Å²) in [4.78, 5) is 27.2. The second-order valence-electron chi connectivity index (χ2n) is 6.93. The fraction of sp³-hybridized carbons (Fsp3) is 0.0870. The molecule has 2 heterocycles. The van der Waals surface area contributed by atoms with Crippen LogP contribution in [-0.4, -0.2) is 21.5 Å². The van der Waals surface area contributed by atoms with Gasteiger partial charge in [0.25, 0.3) is 11.8 Å². The van der Waals surface area contributed by atoms with E-state index in [1.54, 1.807) is 30.4 Å². The first kappa shape index (κ1) is 20.1. The fourth-order valence-electron chi connectivity index (χ4n) is 3.45. The minimum Gasteiger partial charge on any atom is -0.343 e. The van der Waals surface area contributed by atoms with Crippen molar-refractivity contribution in [2.24, 2.45) is 0 Å². The van der Waals surface area contributed by atoms with Crippen molar-refractivity contribution in [3.05, 3.63) is 83.0 Å². The Kier molecular flexibility index (Phi) is 5.28. The molecule has 2 aromatic carbocycles. The molecule has 1 aliphatic heterocycles. The molecule has 0 saturated carbocycles. The van der Waals surface area contributed by atoms with Crippen molar-refractivity contribution in [3.63, 3.8) is 0 Å². The van der Waals surface area contributed by atoms with Crippen LogP contribution in [0.1, 0.15) is 11.1 Å². The van der Waals surface area contributed by atoms with Crippen molar-refractivity contribution >= 4 is 63.4 Å². The molecule has 30 heavy (non-hydrogen) atoms. The van der Waals surface area contributed by atoms with Crippen molar-refractivity contribution in [1.29, 1.82) is 0 Å². The van der Waals surface area contributed by atoms with Gasteiger partial charge >= 0.3 is 0 Å². The summed E-state index contributed by atoms with van der Waals surface area (Å²) >= 11 is 11.5. The van der Waals surface area contributed by atoms with Gasteiger partial charge < -0.3 is 4.57 Å². The molecule has 4 rings (SSSR count). The van der Waals surface area contributed by atoms with E-state index in [2.05, 4.69) is 11.9 Å². The molecule has 1 saturated heterocycles. The maximum atomic E-state index is 13.3. The van der Waals surface area contributed by atoms with Crippen LogP contribution in [0.15, 0.2) is 66.9 Å². The van der Waals surface area contributed by atoms with Crippen molar-refractivity contribution in [1.82, 2.24) is 9.88 Å². The normalized spacial score (nSPS) is 15.7. The van der Waals surface area contributed by atoms with Crippen molar-refractivity contribution < 1.29 is 9.59 Å². The molecule has 0 unspecified atom stereocenters. The molecule has 1 N–H and O–H groups in total. The molecule has 5 nitrogen and oxygen atoms in total. The summed E-state index contributed by atoms with van der Waals surface area (Å²) < 4.78 is 2.02. The fourth-order valence-corrected chi connectivity index (χ4v) is 3.90. The number of benzene rings is 2. The van der Waals surface area contributed by atoms with E-state index in [1.807, 2.05) is 42.0 Å². The predicted molar refractivity (Wildman–Crippen MR) is 125 cm³/mol. The summed E-state index contributed by atoms with van der Waals surface area (Å²) in [5.74, 6) is -1.02. The summed E-state index contributed by atoms with van der Waals surface area (Å²) in [7, 11) is 0. The van der Waals surface area contributed by atoms with Gasteiger partial charge in [0.05, 0.1) is 5.69 Å². The highest BCUT2D eigenvalue weighted by atomic mass is 35.5. The van der Waals surface area contributed by atoms with Gasteiger partial charge in [-0.2, -0.15) is 0 Å². The molecule has 0 atom stereocenters. The molecule has 0 aliphatic carbocycles. The van der Waals surface area contributed by atoms with Gasteiger partial charge in [-0.05, 0) is 49.0 Å². The highest BCUT2D eigenvalue weighted by molar-refractivity contribution is 7.80. The number of para-hydroxylation sites is 1. The smallest absolute Gasteiger partial charge is 0.270 e.